The van der Waals surface area contributed by atoms with Crippen LogP contribution in [0.3, 0.4) is 0 Å². The maximum Gasteiger partial charge on any atom is 0.255 e. The Hall–Kier alpha value is -2.56. The minimum atomic E-state index is -0.199. The largest absolute Gasteiger partial charge is 0.481 e. The summed E-state index contributed by atoms with van der Waals surface area (Å²) in [7, 11) is 1.54. The molecule has 0 saturated heterocycles. The third kappa shape index (κ3) is 3.01. The fraction of sp³-hybridized carbons (Fsp3) is 0.143. The first-order valence-electron chi connectivity index (χ1n) is 5.77. The molecule has 0 aliphatic rings. The summed E-state index contributed by atoms with van der Waals surface area (Å²) >= 11 is 0. The summed E-state index contributed by atoms with van der Waals surface area (Å²) in [6, 6.07) is 8.57. The Bertz CT molecular complexity index is 594. The number of nitrogens with two attached hydrogens (primary N) is 1. The predicted octanol–water partition coefficient (Wildman–Crippen LogP) is 2.23. The number of rotatable bonds is 3. The second-order valence-electron chi connectivity index (χ2n) is 4.11. The standard InChI is InChI=1S/C14H15N3O2/c1-9-7-10(3-5-12(9)15)14(18)17-11-4-6-13(19-2)16-8-11/h3-8H,15H2,1-2H3,(H,17,18). The lowest BCUT2D eigenvalue weighted by Gasteiger charge is -2.07. The molecule has 1 aromatic carbocycles. The van der Waals surface area contributed by atoms with Crippen LogP contribution in [0.1, 0.15) is 15.9 Å². The lowest BCUT2D eigenvalue weighted by Crippen LogP contribution is -2.12. The Morgan fingerprint density at radius 3 is 2.68 bits per heavy atom. The van der Waals surface area contributed by atoms with Crippen molar-refractivity contribution < 1.29 is 9.53 Å². The second-order valence-corrected chi connectivity index (χ2v) is 4.11. The fourth-order valence-corrected chi connectivity index (χ4v) is 1.60. The number of anilines is 2. The molecule has 1 aromatic heterocycles. The van der Waals surface area contributed by atoms with Crippen LogP contribution in [0.15, 0.2) is 36.5 Å². The monoisotopic (exact) mass is 257 g/mol. The summed E-state index contributed by atoms with van der Waals surface area (Å²) in [6.45, 7) is 1.86. The highest BCUT2D eigenvalue weighted by Crippen LogP contribution is 2.15. The number of nitrogens with zero attached hydrogens (tertiary/aromatic N) is 1. The normalized spacial score (nSPS) is 10.0. The van der Waals surface area contributed by atoms with Crippen molar-refractivity contribution >= 4 is 17.3 Å². The van der Waals surface area contributed by atoms with Gasteiger partial charge in [-0.3, -0.25) is 4.79 Å². The Kier molecular flexibility index (Phi) is 3.66. The van der Waals surface area contributed by atoms with Crippen molar-refractivity contribution in [2.45, 2.75) is 6.92 Å². The van der Waals surface area contributed by atoms with Crippen molar-refractivity contribution in [2.75, 3.05) is 18.2 Å². The molecular formula is C14H15N3O2. The average molecular weight is 257 g/mol. The van der Waals surface area contributed by atoms with E-state index in [1.165, 1.54) is 7.11 Å². The van der Waals surface area contributed by atoms with E-state index in [4.69, 9.17) is 10.5 Å². The van der Waals surface area contributed by atoms with E-state index in [9.17, 15) is 4.79 Å². The number of hydrogen-bond acceptors (Lipinski definition) is 4. The molecule has 98 valence electrons. The number of carbonyl (C=O) groups excluding carboxylic acids is 1. The van der Waals surface area contributed by atoms with Crippen LogP contribution in [0.2, 0.25) is 0 Å². The van der Waals surface area contributed by atoms with Crippen LogP contribution < -0.4 is 15.8 Å². The lowest BCUT2D eigenvalue weighted by atomic mass is 10.1. The zero-order chi connectivity index (χ0) is 13.8. The first-order chi connectivity index (χ1) is 9.10. The maximum absolute atomic E-state index is 12.0. The minimum absolute atomic E-state index is 0.199. The van der Waals surface area contributed by atoms with Crippen molar-refractivity contribution in [2.24, 2.45) is 0 Å². The van der Waals surface area contributed by atoms with E-state index < -0.39 is 0 Å². The Balaban J connectivity index is 2.13. The Morgan fingerprint density at radius 1 is 1.32 bits per heavy atom. The maximum atomic E-state index is 12.0. The van der Waals surface area contributed by atoms with Crippen molar-refractivity contribution in [1.82, 2.24) is 4.98 Å². The first kappa shape index (κ1) is 12.9. The van der Waals surface area contributed by atoms with Gasteiger partial charge in [-0.25, -0.2) is 4.98 Å². The number of hydrogen-bond donors (Lipinski definition) is 2. The molecule has 5 nitrogen and oxygen atoms in total. The quantitative estimate of drug-likeness (QED) is 0.827. The van der Waals surface area contributed by atoms with E-state index in [1.807, 2.05) is 6.92 Å². The summed E-state index contributed by atoms with van der Waals surface area (Å²) < 4.78 is 4.95. The van der Waals surface area contributed by atoms with Crippen LogP contribution in [-0.2, 0) is 0 Å². The van der Waals surface area contributed by atoms with Gasteiger partial charge in [-0.15, -0.1) is 0 Å². The van der Waals surface area contributed by atoms with Crippen LogP contribution in [0.4, 0.5) is 11.4 Å². The second kappa shape index (κ2) is 5.39. The third-order valence-corrected chi connectivity index (χ3v) is 2.74. The minimum Gasteiger partial charge on any atom is -0.481 e. The molecule has 0 fully saturated rings. The van der Waals surface area contributed by atoms with Gasteiger partial charge in [-0.1, -0.05) is 0 Å². The van der Waals surface area contributed by atoms with Gasteiger partial charge >= 0.3 is 0 Å². The summed E-state index contributed by atoms with van der Waals surface area (Å²) in [5.74, 6) is 0.302. The molecule has 5 heteroatoms. The van der Waals surface area contributed by atoms with E-state index in [0.717, 1.165) is 5.56 Å². The Morgan fingerprint density at radius 2 is 2.11 bits per heavy atom. The number of benzene rings is 1. The number of aromatic nitrogens is 1. The van der Waals surface area contributed by atoms with Crippen LogP contribution in [0.5, 0.6) is 5.88 Å². The van der Waals surface area contributed by atoms with E-state index in [2.05, 4.69) is 10.3 Å². The van der Waals surface area contributed by atoms with Crippen molar-refractivity contribution in [3.05, 3.63) is 47.7 Å². The van der Waals surface area contributed by atoms with Crippen LogP contribution >= 0.6 is 0 Å². The number of methoxy groups -OCH3 is 1. The molecule has 0 aliphatic heterocycles. The number of nitrogens with one attached hydrogen (secondary N) is 1. The average Bonchev–Trinajstić information content (AvgIpc) is 2.42. The van der Waals surface area contributed by atoms with Crippen LogP contribution in [0, 0.1) is 6.92 Å². The summed E-state index contributed by atoms with van der Waals surface area (Å²) in [4.78, 5) is 16.0. The van der Waals surface area contributed by atoms with E-state index in [-0.39, 0.29) is 5.91 Å². The van der Waals surface area contributed by atoms with Crippen LogP contribution in [0.25, 0.3) is 0 Å². The van der Waals surface area contributed by atoms with Gasteiger partial charge in [0.15, 0.2) is 0 Å². The highest BCUT2D eigenvalue weighted by molar-refractivity contribution is 6.04. The SMILES string of the molecule is COc1ccc(NC(=O)c2ccc(N)c(C)c2)cn1. The van der Waals surface area contributed by atoms with E-state index >= 15 is 0 Å². The number of aryl methyl sites for hydroxylation is 1. The molecule has 0 radical (unpaired) electrons. The lowest BCUT2D eigenvalue weighted by molar-refractivity contribution is 0.102. The van der Waals surface area contributed by atoms with Gasteiger partial charge in [0.2, 0.25) is 5.88 Å². The number of carbonyl (C=O) groups is 1. The topological polar surface area (TPSA) is 77.2 Å². The molecule has 1 amide bonds. The third-order valence-electron chi connectivity index (χ3n) is 2.74. The van der Waals surface area contributed by atoms with Gasteiger partial charge < -0.3 is 15.8 Å². The predicted molar refractivity (Wildman–Crippen MR) is 74.3 cm³/mol. The molecule has 19 heavy (non-hydrogen) atoms. The molecule has 3 N–H and O–H groups in total. The molecule has 2 aromatic rings. The van der Waals surface area contributed by atoms with E-state index in [0.29, 0.717) is 22.8 Å². The molecule has 0 unspecified atom stereocenters. The van der Waals surface area contributed by atoms with Gasteiger partial charge in [0.1, 0.15) is 0 Å². The zero-order valence-electron chi connectivity index (χ0n) is 10.8. The fourth-order valence-electron chi connectivity index (χ4n) is 1.60. The van der Waals surface area contributed by atoms with Crippen molar-refractivity contribution in [3.63, 3.8) is 0 Å². The zero-order valence-corrected chi connectivity index (χ0v) is 10.8. The molecule has 2 rings (SSSR count). The number of nitrogen functional groups attached to an aromatic ring is 1. The van der Waals surface area contributed by atoms with Gasteiger partial charge in [0, 0.05) is 17.3 Å². The number of amides is 1. The summed E-state index contributed by atoms with van der Waals surface area (Å²) in [5.41, 5.74) is 8.43. The molecule has 0 spiro atoms. The molecular weight excluding hydrogens is 242 g/mol. The highest BCUT2D eigenvalue weighted by atomic mass is 16.5. The van der Waals surface area contributed by atoms with Gasteiger partial charge in [0.05, 0.1) is 19.0 Å². The summed E-state index contributed by atoms with van der Waals surface area (Å²) in [6.07, 6.45) is 1.54. The number of ether oxygens (including phenoxy) is 1. The summed E-state index contributed by atoms with van der Waals surface area (Å²) in [5, 5.41) is 2.76. The van der Waals surface area contributed by atoms with Crippen LogP contribution in [-0.4, -0.2) is 18.0 Å². The number of pyridine rings is 1. The molecule has 0 saturated carbocycles. The smallest absolute Gasteiger partial charge is 0.255 e. The van der Waals surface area contributed by atoms with Gasteiger partial charge in [0.25, 0.3) is 5.91 Å². The molecule has 0 atom stereocenters. The van der Waals surface area contributed by atoms with Gasteiger partial charge in [-0.05, 0) is 36.8 Å². The van der Waals surface area contributed by atoms with Gasteiger partial charge in [-0.2, -0.15) is 0 Å². The van der Waals surface area contributed by atoms with Crippen molar-refractivity contribution in [1.29, 1.82) is 0 Å². The van der Waals surface area contributed by atoms with E-state index in [1.54, 1.807) is 36.5 Å². The highest BCUT2D eigenvalue weighted by Gasteiger charge is 2.07. The Labute approximate surface area is 111 Å². The molecule has 1 heterocycles. The van der Waals surface area contributed by atoms with Crippen molar-refractivity contribution in [3.8, 4) is 5.88 Å². The molecule has 0 aliphatic carbocycles. The molecule has 0 bridgehead atoms. The first-order valence-corrected chi connectivity index (χ1v) is 5.77.